The number of carbonyl (C=O) groups is 2. The molecule has 0 bridgehead atoms. The van der Waals surface area contributed by atoms with Crippen LogP contribution >= 0.6 is 0 Å². The van der Waals surface area contributed by atoms with E-state index >= 15 is 0 Å². The fourth-order valence-corrected chi connectivity index (χ4v) is 2.92. The molecule has 122 valence electrons. The zero-order valence-corrected chi connectivity index (χ0v) is 13.3. The predicted octanol–water partition coefficient (Wildman–Crippen LogP) is 3.24. The molecule has 0 aromatic carbocycles. The van der Waals surface area contributed by atoms with E-state index in [0.717, 1.165) is 32.2 Å². The van der Waals surface area contributed by atoms with E-state index in [4.69, 9.17) is 5.11 Å². The highest BCUT2D eigenvalue weighted by molar-refractivity contribution is 5.73. The molecule has 21 heavy (non-hydrogen) atoms. The van der Waals surface area contributed by atoms with E-state index < -0.39 is 5.97 Å². The number of nitrogens with zero attached hydrogens (tertiary/aromatic N) is 1. The van der Waals surface area contributed by atoms with E-state index in [1.54, 1.807) is 4.90 Å². The lowest BCUT2D eigenvalue weighted by molar-refractivity contribution is -0.137. The van der Waals surface area contributed by atoms with Gasteiger partial charge in [-0.25, -0.2) is 4.79 Å². The molecule has 1 aliphatic rings. The van der Waals surface area contributed by atoms with Crippen molar-refractivity contribution in [3.05, 3.63) is 0 Å². The van der Waals surface area contributed by atoms with Crippen molar-refractivity contribution in [2.24, 2.45) is 5.92 Å². The minimum Gasteiger partial charge on any atom is -0.481 e. The predicted molar refractivity (Wildman–Crippen MR) is 83.3 cm³/mol. The van der Waals surface area contributed by atoms with Crippen LogP contribution in [0.4, 0.5) is 4.79 Å². The van der Waals surface area contributed by atoms with E-state index in [0.29, 0.717) is 12.5 Å². The van der Waals surface area contributed by atoms with Gasteiger partial charge in [0, 0.05) is 26.6 Å². The van der Waals surface area contributed by atoms with Crippen molar-refractivity contribution >= 4 is 12.0 Å². The SMILES string of the molecule is CN(CC1CCCCC1)C(=O)NCCCCCCC(=O)O. The number of carbonyl (C=O) groups excluding carboxylic acids is 1. The lowest BCUT2D eigenvalue weighted by atomic mass is 9.89. The topological polar surface area (TPSA) is 69.6 Å². The molecule has 0 atom stereocenters. The van der Waals surface area contributed by atoms with Crippen LogP contribution in [-0.4, -0.2) is 42.1 Å². The largest absolute Gasteiger partial charge is 0.481 e. The Bertz CT molecular complexity index is 315. The molecule has 0 radical (unpaired) electrons. The molecule has 0 saturated heterocycles. The quantitative estimate of drug-likeness (QED) is 0.642. The first-order valence-electron chi connectivity index (χ1n) is 8.30. The minimum atomic E-state index is -0.729. The van der Waals surface area contributed by atoms with Gasteiger partial charge in [0.1, 0.15) is 0 Å². The Balaban J connectivity index is 2.00. The Morgan fingerprint density at radius 1 is 1.10 bits per heavy atom. The third-order valence-corrected chi connectivity index (χ3v) is 4.20. The van der Waals surface area contributed by atoms with Crippen LogP contribution in [0.15, 0.2) is 0 Å². The summed E-state index contributed by atoms with van der Waals surface area (Å²) in [5.41, 5.74) is 0. The minimum absolute atomic E-state index is 0.0195. The number of rotatable bonds is 9. The van der Waals surface area contributed by atoms with Crippen LogP contribution in [0.25, 0.3) is 0 Å². The number of amides is 2. The van der Waals surface area contributed by atoms with Gasteiger partial charge in [-0.15, -0.1) is 0 Å². The van der Waals surface area contributed by atoms with Crippen molar-refractivity contribution < 1.29 is 14.7 Å². The maximum Gasteiger partial charge on any atom is 0.317 e. The molecule has 0 heterocycles. The van der Waals surface area contributed by atoms with E-state index in [1.807, 2.05) is 7.05 Å². The average molecular weight is 298 g/mol. The maximum absolute atomic E-state index is 11.9. The summed E-state index contributed by atoms with van der Waals surface area (Å²) < 4.78 is 0. The van der Waals surface area contributed by atoms with Gasteiger partial charge in [0.25, 0.3) is 0 Å². The summed E-state index contributed by atoms with van der Waals surface area (Å²) in [4.78, 5) is 24.1. The summed E-state index contributed by atoms with van der Waals surface area (Å²) in [6.45, 7) is 1.55. The van der Waals surface area contributed by atoms with Crippen LogP contribution < -0.4 is 5.32 Å². The zero-order chi connectivity index (χ0) is 15.5. The monoisotopic (exact) mass is 298 g/mol. The maximum atomic E-state index is 11.9. The van der Waals surface area contributed by atoms with Crippen LogP contribution in [-0.2, 0) is 4.79 Å². The molecule has 2 N–H and O–H groups in total. The number of hydrogen-bond acceptors (Lipinski definition) is 2. The number of carboxylic acids is 1. The van der Waals surface area contributed by atoms with Crippen LogP contribution in [0.5, 0.6) is 0 Å². The fourth-order valence-electron chi connectivity index (χ4n) is 2.92. The standard InChI is InChI=1S/C16H30N2O3/c1-18(13-14-9-5-4-6-10-14)16(21)17-12-8-3-2-7-11-15(19)20/h14H,2-13H2,1H3,(H,17,21)(H,19,20). The molecule has 0 unspecified atom stereocenters. The summed E-state index contributed by atoms with van der Waals surface area (Å²) in [5.74, 6) is -0.0573. The molecule has 0 aliphatic heterocycles. The van der Waals surface area contributed by atoms with Gasteiger partial charge in [-0.3, -0.25) is 4.79 Å². The summed E-state index contributed by atoms with van der Waals surface area (Å²) >= 11 is 0. The molecule has 1 saturated carbocycles. The molecule has 2 amide bonds. The summed E-state index contributed by atoms with van der Waals surface area (Å²) in [6, 6.07) is 0.0195. The highest BCUT2D eigenvalue weighted by Gasteiger charge is 2.17. The second-order valence-electron chi connectivity index (χ2n) is 6.17. The van der Waals surface area contributed by atoms with Crippen molar-refractivity contribution in [2.45, 2.75) is 64.2 Å². The van der Waals surface area contributed by atoms with Crippen molar-refractivity contribution in [1.29, 1.82) is 0 Å². The van der Waals surface area contributed by atoms with Gasteiger partial charge in [-0.2, -0.15) is 0 Å². The summed E-state index contributed by atoms with van der Waals surface area (Å²) in [7, 11) is 1.87. The molecule has 5 nitrogen and oxygen atoms in total. The summed E-state index contributed by atoms with van der Waals surface area (Å²) in [5, 5.41) is 11.5. The Labute approximate surface area is 128 Å². The first-order chi connectivity index (χ1) is 10.1. The van der Waals surface area contributed by atoms with Crippen LogP contribution in [0.2, 0.25) is 0 Å². The van der Waals surface area contributed by atoms with E-state index in [2.05, 4.69) is 5.32 Å². The lowest BCUT2D eigenvalue weighted by Crippen LogP contribution is -2.40. The second-order valence-corrected chi connectivity index (χ2v) is 6.17. The molecular weight excluding hydrogens is 268 g/mol. The van der Waals surface area contributed by atoms with Crippen molar-refractivity contribution in [3.8, 4) is 0 Å². The Morgan fingerprint density at radius 2 is 1.76 bits per heavy atom. The fraction of sp³-hybridized carbons (Fsp3) is 0.875. The van der Waals surface area contributed by atoms with Crippen LogP contribution in [0.1, 0.15) is 64.2 Å². The van der Waals surface area contributed by atoms with Gasteiger partial charge in [-0.05, 0) is 31.6 Å². The van der Waals surface area contributed by atoms with Gasteiger partial charge < -0.3 is 15.3 Å². The molecular formula is C16H30N2O3. The number of urea groups is 1. The normalized spacial score (nSPS) is 15.7. The lowest BCUT2D eigenvalue weighted by Gasteiger charge is -2.27. The first-order valence-corrected chi connectivity index (χ1v) is 8.30. The third-order valence-electron chi connectivity index (χ3n) is 4.20. The molecule has 0 aromatic rings. The molecule has 0 spiro atoms. The highest BCUT2D eigenvalue weighted by Crippen LogP contribution is 2.24. The van der Waals surface area contributed by atoms with Gasteiger partial charge in [0.2, 0.25) is 0 Å². The van der Waals surface area contributed by atoms with Gasteiger partial charge in [0.15, 0.2) is 0 Å². The van der Waals surface area contributed by atoms with E-state index in [1.165, 1.54) is 32.1 Å². The second kappa shape index (κ2) is 10.5. The van der Waals surface area contributed by atoms with E-state index in [9.17, 15) is 9.59 Å². The summed E-state index contributed by atoms with van der Waals surface area (Å²) in [6.07, 6.45) is 10.2. The number of unbranched alkanes of at least 4 members (excludes halogenated alkanes) is 3. The van der Waals surface area contributed by atoms with Crippen LogP contribution in [0, 0.1) is 5.92 Å². The van der Waals surface area contributed by atoms with Gasteiger partial charge in [-0.1, -0.05) is 32.1 Å². The Hall–Kier alpha value is -1.26. The number of nitrogens with one attached hydrogen (secondary N) is 1. The Morgan fingerprint density at radius 3 is 2.43 bits per heavy atom. The molecule has 1 fully saturated rings. The van der Waals surface area contributed by atoms with Gasteiger partial charge >= 0.3 is 12.0 Å². The molecule has 5 heteroatoms. The van der Waals surface area contributed by atoms with E-state index in [-0.39, 0.29) is 12.5 Å². The molecule has 1 aliphatic carbocycles. The molecule has 1 rings (SSSR count). The van der Waals surface area contributed by atoms with Crippen molar-refractivity contribution in [1.82, 2.24) is 10.2 Å². The first kappa shape index (κ1) is 17.8. The average Bonchev–Trinajstić information content (AvgIpc) is 2.46. The number of aliphatic carboxylic acids is 1. The highest BCUT2D eigenvalue weighted by atomic mass is 16.4. The number of hydrogen-bond donors (Lipinski definition) is 2. The van der Waals surface area contributed by atoms with Crippen molar-refractivity contribution in [2.75, 3.05) is 20.1 Å². The van der Waals surface area contributed by atoms with Crippen molar-refractivity contribution in [3.63, 3.8) is 0 Å². The smallest absolute Gasteiger partial charge is 0.317 e. The zero-order valence-electron chi connectivity index (χ0n) is 13.3. The van der Waals surface area contributed by atoms with Gasteiger partial charge in [0.05, 0.1) is 0 Å². The third kappa shape index (κ3) is 8.58. The number of carboxylic acid groups (broad SMARTS) is 1. The Kier molecular flexibility index (Phi) is 8.87. The van der Waals surface area contributed by atoms with Crippen LogP contribution in [0.3, 0.4) is 0 Å². The molecule has 0 aromatic heterocycles.